The molecule has 0 unspecified atom stereocenters. The molecule has 0 heterocycles. The molecule has 0 spiro atoms. The summed E-state index contributed by atoms with van der Waals surface area (Å²) in [5.74, 6) is 0.300. The van der Waals surface area contributed by atoms with E-state index in [0.717, 1.165) is 17.4 Å². The summed E-state index contributed by atoms with van der Waals surface area (Å²) in [6.45, 7) is 1.03. The van der Waals surface area contributed by atoms with Gasteiger partial charge in [0.05, 0.1) is 4.47 Å². The Labute approximate surface area is 87.3 Å². The van der Waals surface area contributed by atoms with E-state index in [0.29, 0.717) is 5.75 Å². The first-order valence-corrected chi connectivity index (χ1v) is 5.01. The van der Waals surface area contributed by atoms with Crippen LogP contribution in [0.5, 0.6) is 5.75 Å². The molecule has 0 aliphatic rings. The summed E-state index contributed by atoms with van der Waals surface area (Å²) in [7, 11) is 4.10. The van der Waals surface area contributed by atoms with Gasteiger partial charge in [0.2, 0.25) is 0 Å². The summed E-state index contributed by atoms with van der Waals surface area (Å²) in [6.07, 6.45) is 1.01. The fraction of sp³-hybridized carbons (Fsp3) is 0.400. The van der Waals surface area contributed by atoms with Crippen LogP contribution in [0.3, 0.4) is 0 Å². The highest BCUT2D eigenvalue weighted by Crippen LogP contribution is 2.24. The maximum absolute atomic E-state index is 9.26. The van der Waals surface area contributed by atoms with Crippen molar-refractivity contribution in [1.29, 1.82) is 0 Å². The van der Waals surface area contributed by atoms with Crippen molar-refractivity contribution in [1.82, 2.24) is 4.90 Å². The van der Waals surface area contributed by atoms with Crippen molar-refractivity contribution in [3.63, 3.8) is 0 Å². The van der Waals surface area contributed by atoms with Crippen LogP contribution in [0.4, 0.5) is 0 Å². The molecule has 0 bridgehead atoms. The average molecular weight is 244 g/mol. The van der Waals surface area contributed by atoms with Gasteiger partial charge >= 0.3 is 0 Å². The number of hydrogen-bond acceptors (Lipinski definition) is 2. The lowest BCUT2D eigenvalue weighted by Crippen LogP contribution is -2.14. The minimum atomic E-state index is 0.300. The third-order valence-corrected chi connectivity index (χ3v) is 2.49. The van der Waals surface area contributed by atoms with Gasteiger partial charge in [-0.25, -0.2) is 0 Å². The number of likely N-dealkylation sites (N-methyl/N-ethyl adjacent to an activating group) is 1. The number of halogens is 1. The summed E-state index contributed by atoms with van der Waals surface area (Å²) in [4.78, 5) is 2.14. The number of aromatic hydroxyl groups is 1. The van der Waals surface area contributed by atoms with Crippen LogP contribution in [-0.4, -0.2) is 30.6 Å². The molecule has 3 heteroatoms. The summed E-state index contributed by atoms with van der Waals surface area (Å²) >= 11 is 3.29. The first kappa shape index (κ1) is 10.5. The highest BCUT2D eigenvalue weighted by atomic mass is 79.9. The number of phenols is 1. The highest BCUT2D eigenvalue weighted by molar-refractivity contribution is 9.10. The van der Waals surface area contributed by atoms with Gasteiger partial charge in [-0.2, -0.15) is 0 Å². The third-order valence-electron chi connectivity index (χ3n) is 1.86. The van der Waals surface area contributed by atoms with E-state index in [1.165, 1.54) is 5.56 Å². The second-order valence-corrected chi connectivity index (χ2v) is 4.19. The number of nitrogens with zero attached hydrogens (tertiary/aromatic N) is 1. The molecule has 0 fully saturated rings. The molecule has 0 saturated carbocycles. The molecule has 0 saturated heterocycles. The predicted molar refractivity (Wildman–Crippen MR) is 58.1 cm³/mol. The standard InChI is InChI=1S/C10H14BrNO/c1-12(2)6-5-8-3-4-10(13)9(11)7-8/h3-4,7,13H,5-6H2,1-2H3. The van der Waals surface area contributed by atoms with E-state index >= 15 is 0 Å². The van der Waals surface area contributed by atoms with E-state index in [1.807, 2.05) is 12.1 Å². The maximum Gasteiger partial charge on any atom is 0.129 e. The van der Waals surface area contributed by atoms with Crippen LogP contribution in [0, 0.1) is 0 Å². The van der Waals surface area contributed by atoms with Crippen molar-refractivity contribution in [2.75, 3.05) is 20.6 Å². The van der Waals surface area contributed by atoms with Gasteiger partial charge < -0.3 is 10.0 Å². The molecule has 13 heavy (non-hydrogen) atoms. The minimum absolute atomic E-state index is 0.300. The van der Waals surface area contributed by atoms with E-state index in [1.54, 1.807) is 6.07 Å². The van der Waals surface area contributed by atoms with E-state index in [9.17, 15) is 5.11 Å². The molecule has 0 aromatic heterocycles. The summed E-state index contributed by atoms with van der Waals surface area (Å²) in [6, 6.07) is 5.62. The Morgan fingerprint density at radius 2 is 2.08 bits per heavy atom. The van der Waals surface area contributed by atoms with Crippen molar-refractivity contribution < 1.29 is 5.11 Å². The second-order valence-electron chi connectivity index (χ2n) is 3.34. The maximum atomic E-state index is 9.26. The highest BCUT2D eigenvalue weighted by Gasteiger charge is 1.99. The first-order chi connectivity index (χ1) is 6.09. The molecule has 1 aromatic rings. The Bertz CT molecular complexity index is 286. The zero-order valence-corrected chi connectivity index (χ0v) is 9.50. The lowest BCUT2D eigenvalue weighted by atomic mass is 10.1. The van der Waals surface area contributed by atoms with Crippen molar-refractivity contribution in [3.05, 3.63) is 28.2 Å². The third kappa shape index (κ3) is 3.36. The van der Waals surface area contributed by atoms with Gasteiger partial charge in [-0.15, -0.1) is 0 Å². The predicted octanol–water partition coefficient (Wildman–Crippen LogP) is 2.26. The van der Waals surface area contributed by atoms with E-state index in [2.05, 4.69) is 34.9 Å². The Hall–Kier alpha value is -0.540. The van der Waals surface area contributed by atoms with Gasteiger partial charge in [0, 0.05) is 6.54 Å². The van der Waals surface area contributed by atoms with Gasteiger partial charge in [0.15, 0.2) is 0 Å². The van der Waals surface area contributed by atoms with E-state index in [-0.39, 0.29) is 0 Å². The normalized spacial score (nSPS) is 10.8. The van der Waals surface area contributed by atoms with Crippen molar-refractivity contribution >= 4 is 15.9 Å². The monoisotopic (exact) mass is 243 g/mol. The zero-order chi connectivity index (χ0) is 9.84. The SMILES string of the molecule is CN(C)CCc1ccc(O)c(Br)c1. The number of benzene rings is 1. The lowest BCUT2D eigenvalue weighted by Gasteiger charge is -2.09. The van der Waals surface area contributed by atoms with Crippen LogP contribution < -0.4 is 0 Å². The molecule has 0 aliphatic heterocycles. The Balaban J connectivity index is 2.63. The van der Waals surface area contributed by atoms with Crippen LogP contribution >= 0.6 is 15.9 Å². The largest absolute Gasteiger partial charge is 0.507 e. The van der Waals surface area contributed by atoms with E-state index < -0.39 is 0 Å². The molecule has 1 rings (SSSR count). The van der Waals surface area contributed by atoms with Gasteiger partial charge in [-0.05, 0) is 54.1 Å². The molecule has 0 radical (unpaired) electrons. The number of rotatable bonds is 3. The fourth-order valence-electron chi connectivity index (χ4n) is 1.06. The summed E-state index contributed by atoms with van der Waals surface area (Å²) in [5.41, 5.74) is 1.23. The molecule has 1 N–H and O–H groups in total. The molecule has 0 aliphatic carbocycles. The van der Waals surface area contributed by atoms with E-state index in [4.69, 9.17) is 0 Å². The Kier molecular flexibility index (Phi) is 3.75. The fourth-order valence-corrected chi connectivity index (χ4v) is 1.48. The average Bonchev–Trinajstić information content (AvgIpc) is 2.07. The smallest absolute Gasteiger partial charge is 0.129 e. The molecule has 1 aromatic carbocycles. The molecular formula is C10H14BrNO. The van der Waals surface area contributed by atoms with Crippen molar-refractivity contribution in [2.45, 2.75) is 6.42 Å². The van der Waals surface area contributed by atoms with Crippen LogP contribution in [0.2, 0.25) is 0 Å². The van der Waals surface area contributed by atoms with Crippen molar-refractivity contribution in [2.24, 2.45) is 0 Å². The summed E-state index contributed by atoms with van der Waals surface area (Å²) in [5, 5.41) is 9.26. The molecular weight excluding hydrogens is 230 g/mol. The van der Waals surface area contributed by atoms with Gasteiger partial charge in [-0.3, -0.25) is 0 Å². The Morgan fingerprint density at radius 3 is 2.62 bits per heavy atom. The van der Waals surface area contributed by atoms with Crippen LogP contribution in [0.25, 0.3) is 0 Å². The van der Waals surface area contributed by atoms with Gasteiger partial charge in [0.1, 0.15) is 5.75 Å². The van der Waals surface area contributed by atoms with Crippen LogP contribution in [0.1, 0.15) is 5.56 Å². The number of phenolic OH excluding ortho intramolecular Hbond substituents is 1. The lowest BCUT2D eigenvalue weighted by molar-refractivity contribution is 0.413. The summed E-state index contributed by atoms with van der Waals surface area (Å²) < 4.78 is 0.767. The molecule has 0 amide bonds. The molecule has 2 nitrogen and oxygen atoms in total. The quantitative estimate of drug-likeness (QED) is 0.881. The second kappa shape index (κ2) is 4.63. The minimum Gasteiger partial charge on any atom is -0.507 e. The zero-order valence-electron chi connectivity index (χ0n) is 7.92. The molecule has 0 atom stereocenters. The van der Waals surface area contributed by atoms with Crippen molar-refractivity contribution in [3.8, 4) is 5.75 Å². The number of hydrogen-bond donors (Lipinski definition) is 1. The van der Waals surface area contributed by atoms with Gasteiger partial charge in [0.25, 0.3) is 0 Å². The van der Waals surface area contributed by atoms with Crippen LogP contribution in [-0.2, 0) is 6.42 Å². The van der Waals surface area contributed by atoms with Crippen LogP contribution in [0.15, 0.2) is 22.7 Å². The van der Waals surface area contributed by atoms with Gasteiger partial charge in [-0.1, -0.05) is 6.07 Å². The topological polar surface area (TPSA) is 23.5 Å². The molecule has 72 valence electrons. The first-order valence-electron chi connectivity index (χ1n) is 4.21. The Morgan fingerprint density at radius 1 is 1.38 bits per heavy atom.